The fourth-order valence-corrected chi connectivity index (χ4v) is 2.30. The van der Waals surface area contributed by atoms with Crippen LogP contribution in [0.1, 0.15) is 32.0 Å². The van der Waals surface area contributed by atoms with Crippen LogP contribution in [0.5, 0.6) is 0 Å². The third kappa shape index (κ3) is 3.29. The highest BCUT2D eigenvalue weighted by Gasteiger charge is 2.32. The summed E-state index contributed by atoms with van der Waals surface area (Å²) >= 11 is 0. The molecule has 2 rings (SSSR count). The SMILES string of the molecule is CCC1OCCC1C(=O)NCCCc1ncn[nH]1. The molecule has 1 aromatic rings. The number of carbonyl (C=O) groups is 1. The summed E-state index contributed by atoms with van der Waals surface area (Å²) in [6.45, 7) is 3.43. The van der Waals surface area contributed by atoms with Crippen molar-refractivity contribution in [3.63, 3.8) is 0 Å². The van der Waals surface area contributed by atoms with Crippen LogP contribution >= 0.6 is 0 Å². The van der Waals surface area contributed by atoms with Gasteiger partial charge in [-0.15, -0.1) is 0 Å². The third-order valence-corrected chi connectivity index (χ3v) is 3.30. The first-order valence-corrected chi connectivity index (χ1v) is 6.54. The first-order valence-electron chi connectivity index (χ1n) is 6.54. The van der Waals surface area contributed by atoms with Crippen molar-refractivity contribution in [3.05, 3.63) is 12.2 Å². The summed E-state index contributed by atoms with van der Waals surface area (Å²) in [6, 6.07) is 0. The molecular weight excluding hydrogens is 232 g/mol. The number of aromatic nitrogens is 3. The van der Waals surface area contributed by atoms with E-state index in [1.807, 2.05) is 0 Å². The Morgan fingerprint density at radius 3 is 3.28 bits per heavy atom. The monoisotopic (exact) mass is 252 g/mol. The Hall–Kier alpha value is -1.43. The Bertz CT molecular complexity index is 366. The van der Waals surface area contributed by atoms with E-state index < -0.39 is 0 Å². The summed E-state index contributed by atoms with van der Waals surface area (Å²) in [5.41, 5.74) is 0. The van der Waals surface area contributed by atoms with E-state index in [1.165, 1.54) is 6.33 Å². The smallest absolute Gasteiger partial charge is 0.225 e. The number of hydrogen-bond donors (Lipinski definition) is 2. The lowest BCUT2D eigenvalue weighted by molar-refractivity contribution is -0.126. The average Bonchev–Trinajstić information content (AvgIpc) is 3.04. The molecule has 0 saturated carbocycles. The number of H-pyrrole nitrogens is 1. The fraction of sp³-hybridized carbons (Fsp3) is 0.750. The van der Waals surface area contributed by atoms with Crippen LogP contribution in [-0.4, -0.2) is 40.3 Å². The van der Waals surface area contributed by atoms with Crippen LogP contribution in [0, 0.1) is 5.92 Å². The molecule has 2 heterocycles. The first kappa shape index (κ1) is 13.0. The van der Waals surface area contributed by atoms with Gasteiger partial charge in [0.1, 0.15) is 12.2 Å². The van der Waals surface area contributed by atoms with Gasteiger partial charge >= 0.3 is 0 Å². The van der Waals surface area contributed by atoms with Crippen molar-refractivity contribution in [3.8, 4) is 0 Å². The van der Waals surface area contributed by atoms with Crippen molar-refractivity contribution in [1.29, 1.82) is 0 Å². The van der Waals surface area contributed by atoms with E-state index in [4.69, 9.17) is 4.74 Å². The maximum atomic E-state index is 11.9. The molecule has 18 heavy (non-hydrogen) atoms. The molecule has 0 aliphatic carbocycles. The minimum Gasteiger partial charge on any atom is -0.377 e. The molecular formula is C12H20N4O2. The second-order valence-electron chi connectivity index (χ2n) is 4.54. The van der Waals surface area contributed by atoms with Crippen LogP contribution in [-0.2, 0) is 16.0 Å². The van der Waals surface area contributed by atoms with Gasteiger partial charge in [0, 0.05) is 19.6 Å². The molecule has 2 atom stereocenters. The van der Waals surface area contributed by atoms with Gasteiger partial charge in [-0.3, -0.25) is 9.89 Å². The fourth-order valence-electron chi connectivity index (χ4n) is 2.30. The van der Waals surface area contributed by atoms with E-state index in [2.05, 4.69) is 27.4 Å². The Morgan fingerprint density at radius 1 is 1.67 bits per heavy atom. The number of carbonyl (C=O) groups excluding carboxylic acids is 1. The number of ether oxygens (including phenoxy) is 1. The van der Waals surface area contributed by atoms with Crippen LogP contribution in [0.25, 0.3) is 0 Å². The predicted molar refractivity (Wildman–Crippen MR) is 65.9 cm³/mol. The molecule has 1 saturated heterocycles. The largest absolute Gasteiger partial charge is 0.377 e. The number of nitrogens with one attached hydrogen (secondary N) is 2. The van der Waals surface area contributed by atoms with Crippen molar-refractivity contribution in [2.24, 2.45) is 5.92 Å². The molecule has 1 aliphatic rings. The first-order chi connectivity index (χ1) is 8.81. The molecule has 2 N–H and O–H groups in total. The van der Waals surface area contributed by atoms with Crippen molar-refractivity contribution in [1.82, 2.24) is 20.5 Å². The maximum absolute atomic E-state index is 11.9. The summed E-state index contributed by atoms with van der Waals surface area (Å²) in [5, 5.41) is 9.55. The van der Waals surface area contributed by atoms with Gasteiger partial charge in [0.15, 0.2) is 0 Å². The predicted octanol–water partition coefficient (Wildman–Crippen LogP) is 0.669. The molecule has 0 aromatic carbocycles. The zero-order valence-corrected chi connectivity index (χ0v) is 10.7. The molecule has 0 radical (unpaired) electrons. The van der Waals surface area contributed by atoms with Crippen molar-refractivity contribution in [2.75, 3.05) is 13.2 Å². The van der Waals surface area contributed by atoms with E-state index in [9.17, 15) is 4.79 Å². The zero-order valence-electron chi connectivity index (χ0n) is 10.7. The molecule has 100 valence electrons. The van der Waals surface area contributed by atoms with E-state index in [1.54, 1.807) is 0 Å². The highest BCUT2D eigenvalue weighted by Crippen LogP contribution is 2.23. The van der Waals surface area contributed by atoms with Crippen molar-refractivity contribution >= 4 is 5.91 Å². The average molecular weight is 252 g/mol. The van der Waals surface area contributed by atoms with Gasteiger partial charge in [0.25, 0.3) is 0 Å². The number of amides is 1. The highest BCUT2D eigenvalue weighted by atomic mass is 16.5. The minimum absolute atomic E-state index is 0.0280. The molecule has 1 amide bonds. The highest BCUT2D eigenvalue weighted by molar-refractivity contribution is 5.79. The molecule has 6 heteroatoms. The van der Waals surface area contributed by atoms with Crippen LogP contribution in [0.15, 0.2) is 6.33 Å². The van der Waals surface area contributed by atoms with Crippen molar-refractivity contribution < 1.29 is 9.53 Å². The number of aromatic amines is 1. The molecule has 1 aliphatic heterocycles. The Kier molecular flexibility index (Phi) is 4.69. The van der Waals surface area contributed by atoms with E-state index in [0.717, 1.165) is 31.5 Å². The van der Waals surface area contributed by atoms with E-state index in [-0.39, 0.29) is 17.9 Å². The molecule has 0 bridgehead atoms. The number of nitrogens with zero attached hydrogens (tertiary/aromatic N) is 2. The van der Waals surface area contributed by atoms with Gasteiger partial charge in [-0.25, -0.2) is 4.98 Å². The molecule has 1 fully saturated rings. The summed E-state index contributed by atoms with van der Waals surface area (Å²) in [6.07, 6.45) is 5.00. The standard InChI is InChI=1S/C12H20N4O2/c1-2-10-9(5-7-18-10)12(17)13-6-3-4-11-14-8-15-16-11/h8-10H,2-7H2,1H3,(H,13,17)(H,14,15,16). The van der Waals surface area contributed by atoms with Gasteiger partial charge < -0.3 is 10.1 Å². The normalized spacial score (nSPS) is 23.2. The van der Waals surface area contributed by atoms with Crippen LogP contribution in [0.3, 0.4) is 0 Å². The summed E-state index contributed by atoms with van der Waals surface area (Å²) in [7, 11) is 0. The maximum Gasteiger partial charge on any atom is 0.225 e. The Morgan fingerprint density at radius 2 is 2.56 bits per heavy atom. The second kappa shape index (κ2) is 6.49. The van der Waals surface area contributed by atoms with Gasteiger partial charge in [0.2, 0.25) is 5.91 Å². The lowest BCUT2D eigenvalue weighted by Crippen LogP contribution is -2.35. The second-order valence-corrected chi connectivity index (χ2v) is 4.54. The van der Waals surface area contributed by atoms with Crippen LogP contribution < -0.4 is 5.32 Å². The van der Waals surface area contributed by atoms with Crippen molar-refractivity contribution in [2.45, 2.75) is 38.7 Å². The summed E-state index contributed by atoms with van der Waals surface area (Å²) < 4.78 is 5.52. The molecule has 0 spiro atoms. The Labute approximate surface area is 107 Å². The van der Waals surface area contributed by atoms with E-state index >= 15 is 0 Å². The Balaban J connectivity index is 1.65. The van der Waals surface area contributed by atoms with Gasteiger partial charge in [-0.2, -0.15) is 5.10 Å². The van der Waals surface area contributed by atoms with Crippen LogP contribution in [0.4, 0.5) is 0 Å². The number of rotatable bonds is 6. The summed E-state index contributed by atoms with van der Waals surface area (Å²) in [4.78, 5) is 16.0. The van der Waals surface area contributed by atoms with Gasteiger partial charge in [-0.05, 0) is 19.3 Å². The minimum atomic E-state index is 0.0280. The third-order valence-electron chi connectivity index (χ3n) is 3.30. The summed E-state index contributed by atoms with van der Waals surface area (Å²) in [5.74, 6) is 1.01. The van der Waals surface area contributed by atoms with Gasteiger partial charge in [0.05, 0.1) is 12.0 Å². The lowest BCUT2D eigenvalue weighted by Gasteiger charge is -2.16. The number of aryl methyl sites for hydroxylation is 1. The molecule has 1 aromatic heterocycles. The number of hydrogen-bond acceptors (Lipinski definition) is 4. The topological polar surface area (TPSA) is 79.9 Å². The van der Waals surface area contributed by atoms with Gasteiger partial charge in [-0.1, -0.05) is 6.92 Å². The van der Waals surface area contributed by atoms with Crippen LogP contribution in [0.2, 0.25) is 0 Å². The molecule has 6 nitrogen and oxygen atoms in total. The quantitative estimate of drug-likeness (QED) is 0.729. The van der Waals surface area contributed by atoms with E-state index in [0.29, 0.717) is 13.2 Å². The molecule has 2 unspecified atom stereocenters. The lowest BCUT2D eigenvalue weighted by atomic mass is 9.99. The zero-order chi connectivity index (χ0) is 12.8.